The number of rotatable bonds is 12. The SMILES string of the molecule is CCCCCCCCCCCCCCC.O=[P+](O)O. The van der Waals surface area contributed by atoms with Gasteiger partial charge in [0, 0.05) is 4.57 Å². The summed E-state index contributed by atoms with van der Waals surface area (Å²) in [6.45, 7) is 4.58. The van der Waals surface area contributed by atoms with Gasteiger partial charge in [-0.1, -0.05) is 97.3 Å². The third-order valence-corrected chi connectivity index (χ3v) is 3.21. The molecule has 0 saturated carbocycles. The lowest BCUT2D eigenvalue weighted by atomic mass is 10.1. The summed E-state index contributed by atoms with van der Waals surface area (Å²) >= 11 is 0. The molecule has 0 bridgehead atoms. The Bertz CT molecular complexity index is 159. The van der Waals surface area contributed by atoms with Crippen molar-refractivity contribution in [2.45, 2.75) is 97.3 Å². The van der Waals surface area contributed by atoms with E-state index in [1.807, 2.05) is 0 Å². The first-order chi connectivity index (χ1) is 9.15. The molecule has 0 atom stereocenters. The zero-order chi connectivity index (χ0) is 14.8. The first kappa shape index (κ1) is 21.3. The number of unbranched alkanes of at least 4 members (excludes halogenated alkanes) is 12. The smallest absolute Gasteiger partial charge is 0.134 e. The maximum Gasteiger partial charge on any atom is 0.692 e. The van der Waals surface area contributed by atoms with E-state index in [-0.39, 0.29) is 0 Å². The van der Waals surface area contributed by atoms with E-state index in [1.54, 1.807) is 0 Å². The highest BCUT2D eigenvalue weighted by Gasteiger charge is 1.93. The predicted molar refractivity (Wildman–Crippen MR) is 83.4 cm³/mol. The van der Waals surface area contributed by atoms with Crippen molar-refractivity contribution in [2.24, 2.45) is 0 Å². The van der Waals surface area contributed by atoms with Crippen LogP contribution in [0.15, 0.2) is 0 Å². The largest absolute Gasteiger partial charge is 0.692 e. The monoisotopic (exact) mass is 293 g/mol. The molecule has 0 aromatic rings. The van der Waals surface area contributed by atoms with E-state index in [4.69, 9.17) is 14.4 Å². The Balaban J connectivity index is 0. The van der Waals surface area contributed by atoms with E-state index in [0.29, 0.717) is 0 Å². The van der Waals surface area contributed by atoms with Crippen molar-refractivity contribution < 1.29 is 14.4 Å². The van der Waals surface area contributed by atoms with Crippen LogP contribution in [-0.4, -0.2) is 9.79 Å². The van der Waals surface area contributed by atoms with E-state index in [2.05, 4.69) is 13.8 Å². The topological polar surface area (TPSA) is 57.5 Å². The molecular formula is C15H34O3P+. The molecule has 0 spiro atoms. The van der Waals surface area contributed by atoms with Crippen molar-refractivity contribution in [1.29, 1.82) is 0 Å². The molecule has 19 heavy (non-hydrogen) atoms. The van der Waals surface area contributed by atoms with E-state index < -0.39 is 8.25 Å². The van der Waals surface area contributed by atoms with Gasteiger partial charge in [0.25, 0.3) is 0 Å². The number of hydrogen-bond donors (Lipinski definition) is 2. The first-order valence-electron chi connectivity index (χ1n) is 8.00. The van der Waals surface area contributed by atoms with Gasteiger partial charge in [0.15, 0.2) is 0 Å². The van der Waals surface area contributed by atoms with Gasteiger partial charge in [0.1, 0.15) is 0 Å². The second kappa shape index (κ2) is 20.3. The van der Waals surface area contributed by atoms with Crippen molar-refractivity contribution in [3.63, 3.8) is 0 Å². The third kappa shape index (κ3) is 32.0. The molecule has 0 saturated heterocycles. The van der Waals surface area contributed by atoms with Crippen molar-refractivity contribution in [1.82, 2.24) is 0 Å². The van der Waals surface area contributed by atoms with Crippen LogP contribution in [0.3, 0.4) is 0 Å². The van der Waals surface area contributed by atoms with Gasteiger partial charge in [-0.25, -0.2) is 0 Å². The standard InChI is InChI=1S/C15H32.HO3P/c1-3-5-7-9-11-13-15-14-12-10-8-6-4-2;1-4(2)3/h3-15H2,1-2H3;(H-,1,2,3)/p+1. The molecular weight excluding hydrogens is 259 g/mol. The molecule has 0 unspecified atom stereocenters. The number of hydrogen-bond acceptors (Lipinski definition) is 1. The molecule has 0 aromatic carbocycles. The second-order valence-electron chi connectivity index (χ2n) is 5.14. The Morgan fingerprint density at radius 1 is 0.579 bits per heavy atom. The maximum atomic E-state index is 8.70. The summed E-state index contributed by atoms with van der Waals surface area (Å²) in [5.41, 5.74) is 0. The van der Waals surface area contributed by atoms with Crippen LogP contribution in [0, 0.1) is 0 Å². The summed E-state index contributed by atoms with van der Waals surface area (Å²) in [7, 11) is -2.87. The molecule has 116 valence electrons. The third-order valence-electron chi connectivity index (χ3n) is 3.21. The van der Waals surface area contributed by atoms with Gasteiger partial charge in [-0.15, -0.1) is 9.79 Å². The maximum absolute atomic E-state index is 8.70. The van der Waals surface area contributed by atoms with Crippen LogP contribution in [0.5, 0.6) is 0 Å². The highest BCUT2D eigenvalue weighted by molar-refractivity contribution is 7.30. The summed E-state index contributed by atoms with van der Waals surface area (Å²) in [6, 6.07) is 0. The molecule has 3 nitrogen and oxygen atoms in total. The van der Waals surface area contributed by atoms with E-state index in [0.717, 1.165) is 0 Å². The minimum Gasteiger partial charge on any atom is -0.134 e. The van der Waals surface area contributed by atoms with Crippen LogP contribution in [0.1, 0.15) is 97.3 Å². The van der Waals surface area contributed by atoms with E-state index in [9.17, 15) is 0 Å². The van der Waals surface area contributed by atoms with Crippen LogP contribution in [0.25, 0.3) is 0 Å². The summed E-state index contributed by atoms with van der Waals surface area (Å²) in [4.78, 5) is 14.2. The van der Waals surface area contributed by atoms with Crippen LogP contribution in [0.2, 0.25) is 0 Å². The fourth-order valence-electron chi connectivity index (χ4n) is 2.09. The van der Waals surface area contributed by atoms with Gasteiger partial charge < -0.3 is 0 Å². The fourth-order valence-corrected chi connectivity index (χ4v) is 2.09. The van der Waals surface area contributed by atoms with E-state index in [1.165, 1.54) is 83.5 Å². The van der Waals surface area contributed by atoms with Gasteiger partial charge in [-0.05, 0) is 0 Å². The Hall–Kier alpha value is 0.0200. The molecule has 0 aliphatic carbocycles. The molecule has 0 aliphatic rings. The summed E-state index contributed by atoms with van der Waals surface area (Å²) in [6.07, 6.45) is 18.9. The lowest BCUT2D eigenvalue weighted by molar-refractivity contribution is 0.405. The minimum atomic E-state index is -2.87. The van der Waals surface area contributed by atoms with Crippen molar-refractivity contribution in [2.75, 3.05) is 0 Å². The first-order valence-corrected chi connectivity index (χ1v) is 9.16. The van der Waals surface area contributed by atoms with Gasteiger partial charge in [-0.2, -0.15) is 0 Å². The van der Waals surface area contributed by atoms with Crippen LogP contribution in [-0.2, 0) is 4.57 Å². The molecule has 2 N–H and O–H groups in total. The fraction of sp³-hybridized carbons (Fsp3) is 1.00. The molecule has 0 heterocycles. The van der Waals surface area contributed by atoms with Crippen molar-refractivity contribution in [3.05, 3.63) is 0 Å². The molecule has 0 fully saturated rings. The predicted octanol–water partition coefficient (Wildman–Crippen LogP) is 5.73. The minimum absolute atomic E-state index is 1.37. The van der Waals surface area contributed by atoms with Gasteiger partial charge in [0.05, 0.1) is 0 Å². The van der Waals surface area contributed by atoms with Crippen LogP contribution in [0.4, 0.5) is 0 Å². The molecule has 4 heteroatoms. The van der Waals surface area contributed by atoms with E-state index >= 15 is 0 Å². The summed E-state index contributed by atoms with van der Waals surface area (Å²) < 4.78 is 8.70. The van der Waals surface area contributed by atoms with Crippen molar-refractivity contribution >= 4 is 8.25 Å². The molecule has 0 aliphatic heterocycles. The highest BCUT2D eigenvalue weighted by Crippen LogP contribution is 2.12. The second-order valence-corrected chi connectivity index (χ2v) is 5.65. The zero-order valence-corrected chi connectivity index (χ0v) is 13.8. The van der Waals surface area contributed by atoms with Crippen LogP contribution >= 0.6 is 8.25 Å². The molecule has 0 amide bonds. The lowest BCUT2D eigenvalue weighted by Gasteiger charge is -2.01. The Morgan fingerprint density at radius 3 is 0.895 bits per heavy atom. The Morgan fingerprint density at radius 2 is 0.737 bits per heavy atom. The quantitative estimate of drug-likeness (QED) is 0.357. The van der Waals surface area contributed by atoms with Gasteiger partial charge >= 0.3 is 8.25 Å². The zero-order valence-electron chi connectivity index (χ0n) is 12.9. The molecule has 0 radical (unpaired) electrons. The lowest BCUT2D eigenvalue weighted by Crippen LogP contribution is -1.82. The molecule has 0 aromatic heterocycles. The summed E-state index contributed by atoms with van der Waals surface area (Å²) in [5, 5.41) is 0. The average molecular weight is 293 g/mol. The van der Waals surface area contributed by atoms with Gasteiger partial charge in [-0.3, -0.25) is 0 Å². The Labute approximate surface area is 120 Å². The highest BCUT2D eigenvalue weighted by atomic mass is 31.1. The molecule has 0 rings (SSSR count). The van der Waals surface area contributed by atoms with Gasteiger partial charge in [0.2, 0.25) is 0 Å². The summed E-state index contributed by atoms with van der Waals surface area (Å²) in [5.74, 6) is 0. The normalized spacial score (nSPS) is 9.89. The Kier molecular flexibility index (Phi) is 22.8. The van der Waals surface area contributed by atoms with Crippen LogP contribution < -0.4 is 0 Å². The van der Waals surface area contributed by atoms with Crippen molar-refractivity contribution in [3.8, 4) is 0 Å². The average Bonchev–Trinajstić information content (AvgIpc) is 2.35.